The van der Waals surface area contributed by atoms with Crippen molar-refractivity contribution >= 4 is 6.08 Å². The second-order valence-corrected chi connectivity index (χ2v) is 4.88. The zero-order chi connectivity index (χ0) is 14.0. The quantitative estimate of drug-likeness (QED) is 0.675. The molecular formula is C14H16FNO3. The average Bonchev–Trinajstić information content (AvgIpc) is 2.84. The average molecular weight is 265 g/mol. The van der Waals surface area contributed by atoms with Crippen molar-refractivity contribution in [2.45, 2.75) is 38.1 Å². The minimum atomic E-state index is -0.864. The number of rotatable bonds is 3. The lowest BCUT2D eigenvalue weighted by molar-refractivity contribution is 0.338. The first-order valence-electron chi connectivity index (χ1n) is 6.21. The first kappa shape index (κ1) is 13.6. The molecule has 1 fully saturated rings. The van der Waals surface area contributed by atoms with Gasteiger partial charge in [0.1, 0.15) is 5.54 Å². The van der Waals surface area contributed by atoms with Crippen molar-refractivity contribution in [1.82, 2.24) is 0 Å². The number of aliphatic imine (C=N–C) groups is 1. The summed E-state index contributed by atoms with van der Waals surface area (Å²) in [4.78, 5) is 14.5. The fraction of sp³-hybridized carbons (Fsp3) is 0.500. The third-order valence-electron chi connectivity index (χ3n) is 3.78. The summed E-state index contributed by atoms with van der Waals surface area (Å²) >= 11 is 0. The predicted octanol–water partition coefficient (Wildman–Crippen LogP) is 2.95. The van der Waals surface area contributed by atoms with Gasteiger partial charge in [0, 0.05) is 5.56 Å². The summed E-state index contributed by atoms with van der Waals surface area (Å²) in [7, 11) is 1.30. The minimum absolute atomic E-state index is 0.192. The van der Waals surface area contributed by atoms with Gasteiger partial charge >= 0.3 is 0 Å². The molecule has 5 heteroatoms. The van der Waals surface area contributed by atoms with Gasteiger partial charge in [0.25, 0.3) is 0 Å². The third kappa shape index (κ3) is 2.10. The van der Waals surface area contributed by atoms with Gasteiger partial charge in [0.05, 0.1) is 7.11 Å². The smallest absolute Gasteiger partial charge is 0.235 e. The lowest BCUT2D eigenvalue weighted by atomic mass is 9.87. The minimum Gasteiger partial charge on any atom is -0.504 e. The van der Waals surface area contributed by atoms with Crippen molar-refractivity contribution in [1.29, 1.82) is 0 Å². The van der Waals surface area contributed by atoms with E-state index in [1.807, 2.05) is 0 Å². The highest BCUT2D eigenvalue weighted by molar-refractivity contribution is 5.52. The Kier molecular flexibility index (Phi) is 3.58. The van der Waals surface area contributed by atoms with Gasteiger partial charge in [-0.1, -0.05) is 12.8 Å². The van der Waals surface area contributed by atoms with Gasteiger partial charge in [-0.15, -0.1) is 0 Å². The maximum atomic E-state index is 14.5. The van der Waals surface area contributed by atoms with E-state index in [1.165, 1.54) is 7.11 Å². The Bertz CT molecular complexity index is 544. The molecule has 2 rings (SSSR count). The van der Waals surface area contributed by atoms with Gasteiger partial charge in [-0.05, 0) is 31.4 Å². The first-order chi connectivity index (χ1) is 9.05. The second kappa shape index (κ2) is 5.02. The van der Waals surface area contributed by atoms with Crippen LogP contribution in [0.1, 0.15) is 36.8 Å². The number of benzene rings is 1. The molecule has 4 nitrogen and oxygen atoms in total. The molecule has 1 saturated carbocycles. The van der Waals surface area contributed by atoms with Crippen LogP contribution in [0.5, 0.6) is 11.5 Å². The molecule has 0 unspecified atom stereocenters. The summed E-state index contributed by atoms with van der Waals surface area (Å²) in [6.45, 7) is 1.66. The summed E-state index contributed by atoms with van der Waals surface area (Å²) in [5.74, 6) is -1.05. The number of halogens is 1. The number of hydrogen-bond donors (Lipinski definition) is 1. The number of nitrogens with zero attached hydrogens (tertiary/aromatic N) is 1. The van der Waals surface area contributed by atoms with Crippen molar-refractivity contribution in [3.8, 4) is 11.5 Å². The highest BCUT2D eigenvalue weighted by Gasteiger charge is 2.39. The molecule has 1 aromatic rings. The molecule has 102 valence electrons. The molecule has 0 saturated heterocycles. The Hall–Kier alpha value is -1.87. The summed E-state index contributed by atoms with van der Waals surface area (Å²) in [5.41, 5.74) is -0.0569. The molecule has 0 atom stereocenters. The molecule has 0 heterocycles. The SMILES string of the molecule is COc1c(O)c(C)cc(C2(N=C=O)CCCC2)c1F. The highest BCUT2D eigenvalue weighted by atomic mass is 19.1. The molecule has 0 aliphatic heterocycles. The number of phenols is 1. The molecule has 1 aromatic carbocycles. The largest absolute Gasteiger partial charge is 0.504 e. The maximum Gasteiger partial charge on any atom is 0.235 e. The van der Waals surface area contributed by atoms with E-state index < -0.39 is 11.4 Å². The summed E-state index contributed by atoms with van der Waals surface area (Å²) in [6, 6.07) is 1.54. The van der Waals surface area contributed by atoms with Crippen LogP contribution in [-0.2, 0) is 10.3 Å². The van der Waals surface area contributed by atoms with Crippen molar-refractivity contribution in [3.63, 3.8) is 0 Å². The number of hydrogen-bond acceptors (Lipinski definition) is 4. The number of carbonyl (C=O) groups excluding carboxylic acids is 1. The van der Waals surface area contributed by atoms with Gasteiger partial charge in [-0.3, -0.25) is 0 Å². The topological polar surface area (TPSA) is 58.9 Å². The van der Waals surface area contributed by atoms with Crippen molar-refractivity contribution in [2.75, 3.05) is 7.11 Å². The summed E-state index contributed by atoms with van der Waals surface area (Å²) in [6.07, 6.45) is 4.52. The van der Waals surface area contributed by atoms with E-state index in [0.29, 0.717) is 24.0 Å². The van der Waals surface area contributed by atoms with Crippen LogP contribution in [0.3, 0.4) is 0 Å². The Morgan fingerprint density at radius 1 is 1.47 bits per heavy atom. The molecule has 1 aliphatic carbocycles. The lowest BCUT2D eigenvalue weighted by Gasteiger charge is -2.25. The van der Waals surface area contributed by atoms with E-state index >= 15 is 0 Å². The normalized spacial score (nSPS) is 17.0. The van der Waals surface area contributed by atoms with E-state index in [1.54, 1.807) is 19.1 Å². The Labute approximate surface area is 110 Å². The molecule has 1 aliphatic rings. The van der Waals surface area contributed by atoms with Crippen LogP contribution in [0.25, 0.3) is 0 Å². The highest BCUT2D eigenvalue weighted by Crippen LogP contribution is 2.47. The maximum absolute atomic E-state index is 14.5. The number of aryl methyl sites for hydroxylation is 1. The van der Waals surface area contributed by atoms with Crippen LogP contribution in [0.2, 0.25) is 0 Å². The van der Waals surface area contributed by atoms with Crippen LogP contribution < -0.4 is 4.74 Å². The van der Waals surface area contributed by atoms with Crippen LogP contribution in [0, 0.1) is 12.7 Å². The van der Waals surface area contributed by atoms with Gasteiger partial charge in [-0.25, -0.2) is 9.18 Å². The van der Waals surface area contributed by atoms with E-state index in [4.69, 9.17) is 4.74 Å². The van der Waals surface area contributed by atoms with Crippen LogP contribution in [0.4, 0.5) is 4.39 Å². The van der Waals surface area contributed by atoms with Gasteiger partial charge in [0.2, 0.25) is 6.08 Å². The zero-order valence-electron chi connectivity index (χ0n) is 11.0. The van der Waals surface area contributed by atoms with Crippen LogP contribution >= 0.6 is 0 Å². The summed E-state index contributed by atoms with van der Waals surface area (Å²) in [5, 5.41) is 9.79. The summed E-state index contributed by atoms with van der Waals surface area (Å²) < 4.78 is 19.4. The van der Waals surface area contributed by atoms with Crippen molar-refractivity contribution < 1.29 is 19.0 Å². The second-order valence-electron chi connectivity index (χ2n) is 4.88. The first-order valence-corrected chi connectivity index (χ1v) is 6.21. The van der Waals surface area contributed by atoms with Crippen molar-refractivity contribution in [2.24, 2.45) is 4.99 Å². The number of aromatic hydroxyl groups is 1. The number of ether oxygens (including phenoxy) is 1. The zero-order valence-corrected chi connectivity index (χ0v) is 11.0. The van der Waals surface area contributed by atoms with Crippen LogP contribution in [0.15, 0.2) is 11.1 Å². The molecule has 0 amide bonds. The molecule has 1 N–H and O–H groups in total. The van der Waals surface area contributed by atoms with E-state index in [0.717, 1.165) is 12.8 Å². The fourth-order valence-electron chi connectivity index (χ4n) is 2.77. The number of isocyanates is 1. The molecular weight excluding hydrogens is 249 g/mol. The monoisotopic (exact) mass is 265 g/mol. The number of phenolic OH excluding ortho intramolecular Hbond substituents is 1. The Morgan fingerprint density at radius 3 is 2.63 bits per heavy atom. The molecule has 0 bridgehead atoms. The lowest BCUT2D eigenvalue weighted by Crippen LogP contribution is -2.21. The predicted molar refractivity (Wildman–Crippen MR) is 67.6 cm³/mol. The molecule has 0 radical (unpaired) electrons. The Balaban J connectivity index is 2.67. The molecule has 0 spiro atoms. The molecule has 19 heavy (non-hydrogen) atoms. The van der Waals surface area contributed by atoms with Crippen molar-refractivity contribution in [3.05, 3.63) is 23.0 Å². The van der Waals surface area contributed by atoms with E-state index in [2.05, 4.69) is 4.99 Å². The van der Waals surface area contributed by atoms with Gasteiger partial charge < -0.3 is 9.84 Å². The molecule has 0 aromatic heterocycles. The fourth-order valence-corrected chi connectivity index (χ4v) is 2.77. The van der Waals surface area contributed by atoms with Gasteiger partial charge in [-0.2, -0.15) is 4.99 Å². The Morgan fingerprint density at radius 2 is 2.11 bits per heavy atom. The van der Waals surface area contributed by atoms with Gasteiger partial charge in [0.15, 0.2) is 17.3 Å². The number of methoxy groups -OCH3 is 1. The standard InChI is InChI=1S/C14H16FNO3/c1-9-7-10(11(15)13(19-2)12(9)18)14(16-8-17)5-3-4-6-14/h7,18H,3-6H2,1-2H3. The van der Waals surface area contributed by atoms with E-state index in [-0.39, 0.29) is 11.5 Å². The van der Waals surface area contributed by atoms with Crippen LogP contribution in [-0.4, -0.2) is 18.3 Å². The van der Waals surface area contributed by atoms with E-state index in [9.17, 15) is 14.3 Å². The third-order valence-corrected chi connectivity index (χ3v) is 3.78.